The fourth-order valence-corrected chi connectivity index (χ4v) is 4.65. The van der Waals surface area contributed by atoms with Gasteiger partial charge in [-0.1, -0.05) is 18.2 Å². The van der Waals surface area contributed by atoms with Gasteiger partial charge in [0.25, 0.3) is 0 Å². The fourth-order valence-electron chi connectivity index (χ4n) is 3.33. The van der Waals surface area contributed by atoms with Crippen molar-refractivity contribution >= 4 is 65.9 Å². The van der Waals surface area contributed by atoms with Crippen LogP contribution in [0.15, 0.2) is 36.1 Å². The lowest BCUT2D eigenvalue weighted by Gasteiger charge is -2.12. The van der Waals surface area contributed by atoms with Crippen molar-refractivity contribution in [3.8, 4) is 12.1 Å². The van der Waals surface area contributed by atoms with Crippen molar-refractivity contribution in [2.45, 2.75) is 13.8 Å². The zero-order valence-electron chi connectivity index (χ0n) is 26.8. The number of sulfone groups is 2. The van der Waals surface area contributed by atoms with Crippen LogP contribution < -0.4 is 21.3 Å². The second kappa shape index (κ2) is 24.7. The minimum absolute atomic E-state index is 0.0406. The Morgan fingerprint density at radius 1 is 0.840 bits per heavy atom. The number of aliphatic hydroxyl groups is 1. The van der Waals surface area contributed by atoms with Crippen molar-refractivity contribution in [2.24, 2.45) is 0 Å². The van der Waals surface area contributed by atoms with Crippen LogP contribution >= 0.6 is 12.3 Å². The summed E-state index contributed by atoms with van der Waals surface area (Å²) in [6, 6.07) is 7.44. The van der Waals surface area contributed by atoms with Crippen molar-refractivity contribution < 1.29 is 53.4 Å². The Hall–Kier alpha value is -4.37. The molecule has 0 aliphatic rings. The summed E-state index contributed by atoms with van der Waals surface area (Å²) in [5, 5.41) is 51.8. The molecule has 20 nitrogen and oxygen atoms in total. The van der Waals surface area contributed by atoms with E-state index in [4.69, 9.17) is 32.4 Å². The van der Waals surface area contributed by atoms with Crippen LogP contribution in [0.3, 0.4) is 0 Å². The van der Waals surface area contributed by atoms with Crippen molar-refractivity contribution in [3.63, 3.8) is 0 Å². The van der Waals surface area contributed by atoms with Gasteiger partial charge in [-0.3, -0.25) is 4.18 Å². The van der Waals surface area contributed by atoms with Crippen LogP contribution in [0.4, 0.5) is 23.3 Å². The molecule has 2 heterocycles. The third-order valence-corrected chi connectivity index (χ3v) is 8.48. The summed E-state index contributed by atoms with van der Waals surface area (Å²) in [5.41, 5.74) is 2.12. The topological polar surface area (TPSA) is 309 Å². The van der Waals surface area contributed by atoms with E-state index in [2.05, 4.69) is 59.8 Å². The quantitative estimate of drug-likeness (QED) is 0.0477. The largest absolute Gasteiger partial charge is 0.425 e. The molecule has 2 rings (SSSR count). The Kier molecular flexibility index (Phi) is 22.6. The zero-order chi connectivity index (χ0) is 38.2. The molecule has 0 radical (unpaired) electrons. The van der Waals surface area contributed by atoms with Crippen LogP contribution in [-0.4, -0.2) is 101 Å². The molecule has 50 heavy (non-hydrogen) atoms. The fraction of sp³-hybridized carbons (Fsp3) is 0.385. The molecule has 0 fully saturated rings. The first-order valence-electron chi connectivity index (χ1n) is 13.7. The lowest BCUT2D eigenvalue weighted by Crippen LogP contribution is -2.16. The SMILES string of the molecule is C=CS(=O)(=O)CCNc1cc(C)c(C#N)c(NCCOSOOO)n1.C=CS(=O)(=O)CCNc1nc(NCCO)cc(C)c1C#N.O=S(=O)=O. The number of aliphatic hydroxyl groups excluding tert-OH is 1. The third-order valence-electron chi connectivity index (χ3n) is 5.54. The molecular formula is C26H36N8O12S4. The minimum Gasteiger partial charge on any atom is -0.395 e. The van der Waals surface area contributed by atoms with Crippen LogP contribution in [0.5, 0.6) is 0 Å². The molecule has 6 N–H and O–H groups in total. The molecule has 0 bridgehead atoms. The predicted octanol–water partition coefficient (Wildman–Crippen LogP) is 1.28. The van der Waals surface area contributed by atoms with Gasteiger partial charge in [0.15, 0.2) is 32.0 Å². The first-order chi connectivity index (χ1) is 23.6. The maximum absolute atomic E-state index is 11.4. The number of rotatable bonds is 20. The molecule has 0 saturated carbocycles. The second-order valence-corrected chi connectivity index (χ2v) is 14.1. The molecule has 0 aliphatic carbocycles. The van der Waals surface area contributed by atoms with Crippen molar-refractivity contribution in [3.05, 3.63) is 58.4 Å². The van der Waals surface area contributed by atoms with Crippen molar-refractivity contribution in [1.82, 2.24) is 9.97 Å². The number of nitrogens with zero attached hydrogens (tertiary/aromatic N) is 4. The summed E-state index contributed by atoms with van der Waals surface area (Å²) in [5.74, 6) is 1.36. The van der Waals surface area contributed by atoms with E-state index in [0.29, 0.717) is 70.9 Å². The van der Waals surface area contributed by atoms with Crippen LogP contribution in [0, 0.1) is 36.5 Å². The van der Waals surface area contributed by atoms with Gasteiger partial charge in [0.1, 0.15) is 35.4 Å². The summed E-state index contributed by atoms with van der Waals surface area (Å²) < 4.78 is 79.7. The van der Waals surface area contributed by atoms with Gasteiger partial charge in [0.05, 0.1) is 35.8 Å². The molecule has 24 heteroatoms. The minimum atomic E-state index is -3.30. The van der Waals surface area contributed by atoms with E-state index in [1.165, 1.54) is 0 Å². The van der Waals surface area contributed by atoms with Gasteiger partial charge in [-0.25, -0.2) is 32.1 Å². The highest BCUT2D eigenvalue weighted by Crippen LogP contribution is 2.21. The number of nitriles is 2. The molecular weight excluding hydrogens is 745 g/mol. The first kappa shape index (κ1) is 45.6. The number of pyridine rings is 2. The second-order valence-electron chi connectivity index (χ2n) is 9.05. The highest BCUT2D eigenvalue weighted by molar-refractivity contribution is 7.94. The van der Waals surface area contributed by atoms with E-state index >= 15 is 0 Å². The van der Waals surface area contributed by atoms with Gasteiger partial charge in [-0.05, 0) is 37.1 Å². The van der Waals surface area contributed by atoms with Crippen LogP contribution in [0.2, 0.25) is 0 Å². The standard InChI is InChI=1S/C13H18N4O6S2.C13H18N4O3S.O3S/c1-3-25(19,20)7-5-15-12-8-10(2)11(9-14)13(17-12)16-4-6-21-24-23-22-18;1-3-21(19,20)7-5-16-13-11(9-14)10(2)8-12(17-13)15-4-6-18;1-4(2)3/h3,8,18H,1,4-7H2,2H3,(H2,15,16,17);3,8,18H,1,4-7H2,2H3,(H2,15,16,17);. The average Bonchev–Trinajstić information content (AvgIpc) is 3.05. The van der Waals surface area contributed by atoms with E-state index in [0.717, 1.165) is 10.8 Å². The molecule has 0 unspecified atom stereocenters. The average molecular weight is 781 g/mol. The monoisotopic (exact) mass is 780 g/mol. The molecule has 0 aliphatic heterocycles. The molecule has 2 aromatic heterocycles. The lowest BCUT2D eigenvalue weighted by molar-refractivity contribution is -0.434. The predicted molar refractivity (Wildman–Crippen MR) is 184 cm³/mol. The van der Waals surface area contributed by atoms with Gasteiger partial charge >= 0.3 is 10.6 Å². The normalized spacial score (nSPS) is 10.4. The summed E-state index contributed by atoms with van der Waals surface area (Å²) in [7, 11) is -9.71. The molecule has 0 amide bonds. The van der Waals surface area contributed by atoms with Crippen molar-refractivity contribution in [1.29, 1.82) is 10.5 Å². The van der Waals surface area contributed by atoms with Gasteiger partial charge in [0.2, 0.25) is 0 Å². The van der Waals surface area contributed by atoms with Crippen LogP contribution in [0.1, 0.15) is 22.3 Å². The lowest BCUT2D eigenvalue weighted by atomic mass is 10.1. The summed E-state index contributed by atoms with van der Waals surface area (Å²) in [6.45, 7) is 11.0. The number of aromatic nitrogens is 2. The van der Waals surface area contributed by atoms with E-state index < -0.39 is 30.3 Å². The molecule has 0 saturated heterocycles. The number of hydrogen-bond donors (Lipinski definition) is 6. The van der Waals surface area contributed by atoms with Gasteiger partial charge in [-0.2, -0.15) is 10.5 Å². The number of aryl methyl sites for hydroxylation is 2. The van der Waals surface area contributed by atoms with Gasteiger partial charge in [0, 0.05) is 37.0 Å². The first-order valence-corrected chi connectivity index (χ1v) is 18.8. The Morgan fingerprint density at radius 3 is 1.66 bits per heavy atom. The maximum atomic E-state index is 11.4. The van der Waals surface area contributed by atoms with Gasteiger partial charge in [-0.15, -0.1) is 17.0 Å². The molecule has 0 spiro atoms. The van der Waals surface area contributed by atoms with Crippen LogP contribution in [-0.2, 0) is 43.8 Å². The van der Waals surface area contributed by atoms with E-state index in [1.54, 1.807) is 26.0 Å². The smallest absolute Gasteiger partial charge is 0.395 e. The number of hydrogen-bond acceptors (Lipinski definition) is 21. The number of anilines is 4. The highest BCUT2D eigenvalue weighted by atomic mass is 32.2. The summed E-state index contributed by atoms with van der Waals surface area (Å²) >= 11 is 0.445. The molecule has 0 aromatic carbocycles. The molecule has 2 aromatic rings. The Bertz CT molecular complexity index is 1830. The van der Waals surface area contributed by atoms with Crippen LogP contribution in [0.25, 0.3) is 0 Å². The van der Waals surface area contributed by atoms with E-state index in [1.807, 2.05) is 6.07 Å². The van der Waals surface area contributed by atoms with Crippen molar-refractivity contribution in [2.75, 3.05) is 72.2 Å². The summed E-state index contributed by atoms with van der Waals surface area (Å²) in [6.07, 6.45) is 0. The Labute approximate surface area is 295 Å². The number of nitrogens with one attached hydrogen (secondary N) is 4. The molecule has 276 valence electrons. The van der Waals surface area contributed by atoms with Gasteiger partial charge < -0.3 is 26.4 Å². The van der Waals surface area contributed by atoms with E-state index in [9.17, 15) is 22.1 Å². The van der Waals surface area contributed by atoms with E-state index in [-0.39, 0.29) is 37.8 Å². The third kappa shape index (κ3) is 19.6. The Balaban J connectivity index is 0.000000877. The maximum Gasteiger partial charge on any atom is 0.425 e. The zero-order valence-corrected chi connectivity index (χ0v) is 30.0. The molecule has 0 atom stereocenters. The highest BCUT2D eigenvalue weighted by Gasteiger charge is 2.12. The summed E-state index contributed by atoms with van der Waals surface area (Å²) in [4.78, 5) is 8.47. The Morgan fingerprint density at radius 2 is 1.26 bits per heavy atom.